The second-order valence-corrected chi connectivity index (χ2v) is 8.81. The molecule has 170 valence electrons. The van der Waals surface area contributed by atoms with Crippen LogP contribution in [0, 0.1) is 0 Å². The van der Waals surface area contributed by atoms with Crippen molar-refractivity contribution in [2.24, 2.45) is 5.73 Å². The Labute approximate surface area is 171 Å². The summed E-state index contributed by atoms with van der Waals surface area (Å²) in [5, 5.41) is 9.68. The monoisotopic (exact) mass is 425 g/mol. The zero-order valence-corrected chi connectivity index (χ0v) is 18.8. The van der Waals surface area contributed by atoms with Gasteiger partial charge in [0.05, 0.1) is 19.8 Å². The van der Waals surface area contributed by atoms with E-state index in [1.807, 2.05) is 0 Å². The van der Waals surface area contributed by atoms with E-state index in [-0.39, 0.29) is 26.4 Å². The molecule has 0 aliphatic rings. The van der Waals surface area contributed by atoms with E-state index >= 15 is 0 Å². The van der Waals surface area contributed by atoms with Gasteiger partial charge >= 0.3 is 7.82 Å². The average Bonchev–Trinajstić information content (AvgIpc) is 2.68. The highest BCUT2D eigenvalue weighted by molar-refractivity contribution is 7.47. The SMILES string of the molecule is CCCCCCCCCCCCCCCOCC(O)COP(=O)(O)OCCN. The fourth-order valence-corrected chi connectivity index (χ4v) is 3.65. The highest BCUT2D eigenvalue weighted by Crippen LogP contribution is 2.42. The van der Waals surface area contributed by atoms with E-state index in [1.165, 1.54) is 70.6 Å². The van der Waals surface area contributed by atoms with Crippen molar-refractivity contribution >= 4 is 7.82 Å². The van der Waals surface area contributed by atoms with Crippen LogP contribution in [0.5, 0.6) is 0 Å². The van der Waals surface area contributed by atoms with Gasteiger partial charge in [-0.25, -0.2) is 4.57 Å². The Morgan fingerprint density at radius 1 is 0.786 bits per heavy atom. The maximum atomic E-state index is 11.4. The average molecular weight is 426 g/mol. The second kappa shape index (κ2) is 20.3. The van der Waals surface area contributed by atoms with Gasteiger partial charge in [0.1, 0.15) is 6.10 Å². The summed E-state index contributed by atoms with van der Waals surface area (Å²) in [6.07, 6.45) is 15.9. The van der Waals surface area contributed by atoms with Crippen molar-refractivity contribution < 1.29 is 28.3 Å². The fourth-order valence-electron chi connectivity index (χ4n) is 2.87. The summed E-state index contributed by atoms with van der Waals surface area (Å²) in [6.45, 7) is 2.66. The van der Waals surface area contributed by atoms with Gasteiger partial charge in [-0.2, -0.15) is 0 Å². The minimum Gasteiger partial charge on any atom is -0.388 e. The van der Waals surface area contributed by atoms with Crippen molar-refractivity contribution in [2.75, 3.05) is 33.0 Å². The maximum Gasteiger partial charge on any atom is 0.472 e. The zero-order valence-electron chi connectivity index (χ0n) is 17.9. The number of nitrogens with two attached hydrogens (primary N) is 1. The van der Waals surface area contributed by atoms with Gasteiger partial charge in [-0.05, 0) is 6.42 Å². The standard InChI is InChI=1S/C20H44NO6P/c1-2-3-4-5-6-7-8-9-10-11-12-13-14-16-25-18-20(22)19-27-28(23,24)26-17-15-21/h20,22H,2-19,21H2,1H3,(H,23,24). The number of ether oxygens (including phenoxy) is 1. The molecule has 28 heavy (non-hydrogen) atoms. The molecule has 0 aromatic rings. The van der Waals surface area contributed by atoms with Crippen LogP contribution in [-0.2, 0) is 18.3 Å². The van der Waals surface area contributed by atoms with Crippen LogP contribution in [0.3, 0.4) is 0 Å². The Balaban J connectivity index is 3.29. The quantitative estimate of drug-likeness (QED) is 0.172. The molecule has 0 aromatic carbocycles. The fraction of sp³-hybridized carbons (Fsp3) is 1.00. The van der Waals surface area contributed by atoms with Gasteiger partial charge in [-0.3, -0.25) is 9.05 Å². The van der Waals surface area contributed by atoms with Crippen molar-refractivity contribution in [3.63, 3.8) is 0 Å². The van der Waals surface area contributed by atoms with Crippen molar-refractivity contribution in [1.29, 1.82) is 0 Å². The molecule has 0 aliphatic carbocycles. The molecule has 0 bridgehead atoms. The molecule has 4 N–H and O–H groups in total. The van der Waals surface area contributed by atoms with E-state index < -0.39 is 13.9 Å². The lowest BCUT2D eigenvalue weighted by Crippen LogP contribution is -2.22. The summed E-state index contributed by atoms with van der Waals surface area (Å²) in [6, 6.07) is 0. The second-order valence-electron chi connectivity index (χ2n) is 7.36. The highest BCUT2D eigenvalue weighted by atomic mass is 31.2. The zero-order chi connectivity index (χ0) is 20.9. The summed E-state index contributed by atoms with van der Waals surface area (Å²) >= 11 is 0. The number of rotatable bonds is 22. The Bertz CT molecular complexity index is 373. The number of aliphatic hydroxyl groups is 1. The Kier molecular flexibility index (Phi) is 20.3. The van der Waals surface area contributed by atoms with E-state index in [4.69, 9.17) is 10.5 Å². The number of phosphoric ester groups is 1. The molecule has 0 radical (unpaired) electrons. The molecule has 7 nitrogen and oxygen atoms in total. The van der Waals surface area contributed by atoms with Gasteiger partial charge < -0.3 is 20.5 Å². The van der Waals surface area contributed by atoms with Crippen LogP contribution in [0.1, 0.15) is 90.4 Å². The smallest absolute Gasteiger partial charge is 0.388 e. The molecule has 0 saturated carbocycles. The summed E-state index contributed by atoms with van der Waals surface area (Å²) in [4.78, 5) is 9.30. The van der Waals surface area contributed by atoms with Crippen LogP contribution in [0.2, 0.25) is 0 Å². The van der Waals surface area contributed by atoms with Crippen LogP contribution >= 0.6 is 7.82 Å². The van der Waals surface area contributed by atoms with Crippen LogP contribution in [0.4, 0.5) is 0 Å². The molecule has 0 aromatic heterocycles. The van der Waals surface area contributed by atoms with Crippen LogP contribution in [0.25, 0.3) is 0 Å². The molecular formula is C20H44NO6P. The lowest BCUT2D eigenvalue weighted by atomic mass is 10.0. The van der Waals surface area contributed by atoms with Crippen molar-refractivity contribution in [2.45, 2.75) is 96.5 Å². The molecule has 2 unspecified atom stereocenters. The van der Waals surface area contributed by atoms with Gasteiger partial charge in [0, 0.05) is 13.2 Å². The molecule has 0 aliphatic heterocycles. The summed E-state index contributed by atoms with van der Waals surface area (Å²) in [5.41, 5.74) is 5.18. The number of phosphoric acid groups is 1. The van der Waals surface area contributed by atoms with E-state index in [0.29, 0.717) is 6.61 Å². The summed E-state index contributed by atoms with van der Waals surface area (Å²) in [7, 11) is -4.13. The topological polar surface area (TPSA) is 111 Å². The molecule has 0 heterocycles. The van der Waals surface area contributed by atoms with Gasteiger partial charge in [-0.1, -0.05) is 84.0 Å². The normalized spacial score (nSPS) is 14.9. The van der Waals surface area contributed by atoms with Gasteiger partial charge in [0.25, 0.3) is 0 Å². The molecule has 0 saturated heterocycles. The van der Waals surface area contributed by atoms with Crippen molar-refractivity contribution in [3.05, 3.63) is 0 Å². The molecular weight excluding hydrogens is 381 g/mol. The Hall–Kier alpha value is -0.0100. The number of aliphatic hydroxyl groups excluding tert-OH is 1. The first kappa shape index (κ1) is 28.0. The highest BCUT2D eigenvalue weighted by Gasteiger charge is 2.22. The first-order valence-electron chi connectivity index (χ1n) is 11.1. The molecule has 2 atom stereocenters. The van der Waals surface area contributed by atoms with E-state index in [0.717, 1.165) is 12.8 Å². The van der Waals surface area contributed by atoms with E-state index in [9.17, 15) is 14.6 Å². The van der Waals surface area contributed by atoms with E-state index in [2.05, 4.69) is 16.0 Å². The van der Waals surface area contributed by atoms with Crippen LogP contribution < -0.4 is 5.73 Å². The van der Waals surface area contributed by atoms with Gasteiger partial charge in [-0.15, -0.1) is 0 Å². The third kappa shape index (κ3) is 20.7. The molecule has 0 rings (SSSR count). The Morgan fingerprint density at radius 2 is 1.29 bits per heavy atom. The molecule has 8 heteroatoms. The molecule has 0 spiro atoms. The van der Waals surface area contributed by atoms with E-state index in [1.54, 1.807) is 0 Å². The predicted molar refractivity (Wildman–Crippen MR) is 113 cm³/mol. The van der Waals surface area contributed by atoms with Crippen LogP contribution in [-0.4, -0.2) is 49.1 Å². The predicted octanol–water partition coefficient (Wildman–Crippen LogP) is 4.55. The van der Waals surface area contributed by atoms with Crippen molar-refractivity contribution in [1.82, 2.24) is 0 Å². The third-order valence-corrected chi connectivity index (χ3v) is 5.49. The number of hydrogen-bond donors (Lipinski definition) is 3. The lowest BCUT2D eigenvalue weighted by molar-refractivity contribution is 0.00230. The van der Waals surface area contributed by atoms with Crippen LogP contribution in [0.15, 0.2) is 0 Å². The summed E-state index contributed by atoms with van der Waals surface area (Å²) < 4.78 is 26.0. The molecule has 0 amide bonds. The van der Waals surface area contributed by atoms with Gasteiger partial charge in [0.15, 0.2) is 0 Å². The number of unbranched alkanes of at least 4 members (excludes halogenated alkanes) is 12. The lowest BCUT2D eigenvalue weighted by Gasteiger charge is -2.15. The Morgan fingerprint density at radius 3 is 1.79 bits per heavy atom. The largest absolute Gasteiger partial charge is 0.472 e. The van der Waals surface area contributed by atoms with Crippen molar-refractivity contribution in [3.8, 4) is 0 Å². The first-order valence-corrected chi connectivity index (χ1v) is 12.6. The minimum atomic E-state index is -4.13. The van der Waals surface area contributed by atoms with Gasteiger partial charge in [0.2, 0.25) is 0 Å². The number of hydrogen-bond acceptors (Lipinski definition) is 6. The maximum absolute atomic E-state index is 11.4. The molecule has 0 fully saturated rings. The third-order valence-electron chi connectivity index (χ3n) is 4.50. The minimum absolute atomic E-state index is 0.0700. The summed E-state index contributed by atoms with van der Waals surface area (Å²) in [5.74, 6) is 0. The first-order chi connectivity index (χ1) is 13.5.